The number of aromatic nitrogens is 2. The van der Waals surface area contributed by atoms with Crippen LogP contribution < -0.4 is 11.5 Å². The smallest absolute Gasteiger partial charge is 0.373 e. The Kier molecular flexibility index (Phi) is 4.49. The molecule has 0 aliphatic carbocycles. The number of carbonyl (C=O) groups is 1. The third-order valence-electron chi connectivity index (χ3n) is 1.60. The summed E-state index contributed by atoms with van der Waals surface area (Å²) in [6, 6.07) is 4.76. The number of furan rings is 1. The van der Waals surface area contributed by atoms with Crippen molar-refractivity contribution in [1.82, 2.24) is 9.97 Å². The second-order valence-electron chi connectivity index (χ2n) is 2.81. The van der Waals surface area contributed by atoms with E-state index in [1.54, 1.807) is 18.2 Å². The van der Waals surface area contributed by atoms with E-state index in [-0.39, 0.29) is 11.7 Å². The molecule has 90 valence electrons. The second kappa shape index (κ2) is 6.11. The zero-order chi connectivity index (χ0) is 12.7. The molecule has 4 N–H and O–H groups in total. The van der Waals surface area contributed by atoms with Crippen molar-refractivity contribution in [2.45, 2.75) is 0 Å². The molecule has 0 spiro atoms. The van der Waals surface area contributed by atoms with E-state index in [4.69, 9.17) is 15.9 Å². The number of anilines is 2. The molecule has 0 atom stereocenters. The van der Waals surface area contributed by atoms with Gasteiger partial charge in [-0.05, 0) is 18.2 Å². The van der Waals surface area contributed by atoms with E-state index >= 15 is 0 Å². The Morgan fingerprint density at radius 2 is 2.18 bits per heavy atom. The molecule has 7 nitrogen and oxygen atoms in total. The normalized spacial score (nSPS) is 9.00. The average molecular weight is 236 g/mol. The van der Waals surface area contributed by atoms with Gasteiger partial charge in [-0.1, -0.05) is 0 Å². The third kappa shape index (κ3) is 4.20. The SMILES string of the molecule is COC(=O)c1ccco1.Nc1ccnc(N)n1. The van der Waals surface area contributed by atoms with Crippen LogP contribution in [0.2, 0.25) is 0 Å². The van der Waals surface area contributed by atoms with Gasteiger partial charge in [0.05, 0.1) is 13.4 Å². The van der Waals surface area contributed by atoms with Crippen molar-refractivity contribution < 1.29 is 13.9 Å². The van der Waals surface area contributed by atoms with Crippen LogP contribution in [-0.2, 0) is 4.74 Å². The van der Waals surface area contributed by atoms with E-state index < -0.39 is 5.97 Å². The van der Waals surface area contributed by atoms with Crippen LogP contribution in [0.25, 0.3) is 0 Å². The Morgan fingerprint density at radius 3 is 2.59 bits per heavy atom. The standard InChI is InChI=1S/C6H6O3.C4H6N4/c1-8-6(7)5-3-2-4-9-5;5-3-1-2-7-4(6)8-3/h2-4H,1H3;1-2H,(H4,5,6,7,8). The summed E-state index contributed by atoms with van der Waals surface area (Å²) in [6.07, 6.45) is 2.93. The molecular weight excluding hydrogens is 224 g/mol. The highest BCUT2D eigenvalue weighted by atomic mass is 16.5. The predicted octanol–water partition coefficient (Wildman–Crippen LogP) is 0.707. The van der Waals surface area contributed by atoms with Crippen molar-refractivity contribution in [3.63, 3.8) is 0 Å². The highest BCUT2D eigenvalue weighted by molar-refractivity contribution is 5.85. The zero-order valence-electron chi connectivity index (χ0n) is 9.16. The fourth-order valence-electron chi connectivity index (χ4n) is 0.884. The number of esters is 1. The summed E-state index contributed by atoms with van der Waals surface area (Å²) >= 11 is 0. The Labute approximate surface area is 97.4 Å². The van der Waals surface area contributed by atoms with Crippen LogP contribution in [-0.4, -0.2) is 23.0 Å². The first-order valence-electron chi connectivity index (χ1n) is 4.59. The van der Waals surface area contributed by atoms with Crippen LogP contribution in [0.15, 0.2) is 35.1 Å². The lowest BCUT2D eigenvalue weighted by molar-refractivity contribution is 0.0565. The highest BCUT2D eigenvalue weighted by Crippen LogP contribution is 2.00. The fraction of sp³-hybridized carbons (Fsp3) is 0.100. The summed E-state index contributed by atoms with van der Waals surface area (Å²) in [5.41, 5.74) is 10.4. The van der Waals surface area contributed by atoms with Crippen LogP contribution >= 0.6 is 0 Å². The Bertz CT molecular complexity index is 453. The first-order valence-corrected chi connectivity index (χ1v) is 4.59. The lowest BCUT2D eigenvalue weighted by atomic mass is 10.5. The number of nitrogens with two attached hydrogens (primary N) is 2. The van der Waals surface area contributed by atoms with Gasteiger partial charge in [0.1, 0.15) is 5.82 Å². The van der Waals surface area contributed by atoms with Gasteiger partial charge in [-0.2, -0.15) is 4.98 Å². The van der Waals surface area contributed by atoms with E-state index in [2.05, 4.69) is 14.7 Å². The molecule has 17 heavy (non-hydrogen) atoms. The van der Waals surface area contributed by atoms with Gasteiger partial charge in [-0.25, -0.2) is 9.78 Å². The molecular formula is C10H12N4O3. The molecule has 0 saturated heterocycles. The van der Waals surface area contributed by atoms with Crippen molar-refractivity contribution in [2.75, 3.05) is 18.6 Å². The van der Waals surface area contributed by atoms with Gasteiger partial charge in [0.25, 0.3) is 0 Å². The van der Waals surface area contributed by atoms with Crippen molar-refractivity contribution >= 4 is 17.7 Å². The maximum Gasteiger partial charge on any atom is 0.373 e. The minimum absolute atomic E-state index is 0.213. The minimum atomic E-state index is -0.444. The third-order valence-corrected chi connectivity index (χ3v) is 1.60. The monoisotopic (exact) mass is 236 g/mol. The van der Waals surface area contributed by atoms with Crippen LogP contribution in [0.5, 0.6) is 0 Å². The fourth-order valence-corrected chi connectivity index (χ4v) is 0.884. The molecule has 0 saturated carbocycles. The number of methoxy groups -OCH3 is 1. The molecule has 0 aliphatic rings. The maximum atomic E-state index is 10.6. The number of rotatable bonds is 1. The maximum absolute atomic E-state index is 10.6. The average Bonchev–Trinajstić information content (AvgIpc) is 2.82. The summed E-state index contributed by atoms with van der Waals surface area (Å²) in [6.45, 7) is 0. The summed E-state index contributed by atoms with van der Waals surface area (Å²) in [4.78, 5) is 17.8. The largest absolute Gasteiger partial charge is 0.463 e. The van der Waals surface area contributed by atoms with Gasteiger partial charge in [0.15, 0.2) is 0 Å². The summed E-state index contributed by atoms with van der Waals surface area (Å²) in [5, 5.41) is 0. The molecule has 7 heteroatoms. The van der Waals surface area contributed by atoms with Crippen LogP contribution in [0.3, 0.4) is 0 Å². The molecule has 0 fully saturated rings. The van der Waals surface area contributed by atoms with E-state index in [0.717, 1.165) is 0 Å². The summed E-state index contributed by atoms with van der Waals surface area (Å²) < 4.78 is 9.07. The Morgan fingerprint density at radius 1 is 1.41 bits per heavy atom. The van der Waals surface area contributed by atoms with Crippen molar-refractivity contribution in [3.8, 4) is 0 Å². The number of nitrogens with zero attached hydrogens (tertiary/aromatic N) is 2. The van der Waals surface area contributed by atoms with Crippen LogP contribution in [0.1, 0.15) is 10.6 Å². The summed E-state index contributed by atoms with van der Waals surface area (Å²) in [5.74, 6) is 0.403. The Balaban J connectivity index is 0.000000171. The van der Waals surface area contributed by atoms with E-state index in [9.17, 15) is 4.79 Å². The zero-order valence-corrected chi connectivity index (χ0v) is 9.16. The first-order chi connectivity index (χ1) is 8.13. The lowest BCUT2D eigenvalue weighted by Crippen LogP contribution is -1.97. The van der Waals surface area contributed by atoms with Gasteiger partial charge >= 0.3 is 5.97 Å². The quantitative estimate of drug-likeness (QED) is 0.700. The van der Waals surface area contributed by atoms with Crippen molar-refractivity contribution in [3.05, 3.63) is 36.4 Å². The van der Waals surface area contributed by atoms with Crippen LogP contribution in [0, 0.1) is 0 Å². The first kappa shape index (κ1) is 12.5. The number of hydrogen-bond donors (Lipinski definition) is 2. The molecule has 2 heterocycles. The topological polar surface area (TPSA) is 117 Å². The molecule has 2 rings (SSSR count). The van der Waals surface area contributed by atoms with Crippen LogP contribution in [0.4, 0.5) is 11.8 Å². The molecule has 0 aliphatic heterocycles. The van der Waals surface area contributed by atoms with Gasteiger partial charge in [0, 0.05) is 6.20 Å². The molecule has 0 bridgehead atoms. The minimum Gasteiger partial charge on any atom is -0.463 e. The molecule has 0 aromatic carbocycles. The van der Waals surface area contributed by atoms with Gasteiger partial charge in [0.2, 0.25) is 11.7 Å². The number of nitrogen functional groups attached to an aromatic ring is 2. The highest BCUT2D eigenvalue weighted by Gasteiger charge is 2.05. The van der Waals surface area contributed by atoms with E-state index in [1.165, 1.54) is 19.6 Å². The van der Waals surface area contributed by atoms with Crippen molar-refractivity contribution in [2.24, 2.45) is 0 Å². The van der Waals surface area contributed by atoms with Crippen molar-refractivity contribution in [1.29, 1.82) is 0 Å². The Hall–Kier alpha value is -2.57. The molecule has 2 aromatic rings. The molecule has 0 amide bonds. The number of carbonyl (C=O) groups excluding carboxylic acids is 1. The van der Waals surface area contributed by atoms with E-state index in [0.29, 0.717) is 5.82 Å². The molecule has 0 unspecified atom stereocenters. The van der Waals surface area contributed by atoms with Gasteiger partial charge in [-0.15, -0.1) is 0 Å². The predicted molar refractivity (Wildman–Crippen MR) is 60.9 cm³/mol. The lowest BCUT2D eigenvalue weighted by Gasteiger charge is -1.89. The molecule has 0 radical (unpaired) electrons. The van der Waals surface area contributed by atoms with Gasteiger partial charge in [-0.3, -0.25) is 0 Å². The molecule has 2 aromatic heterocycles. The summed E-state index contributed by atoms with van der Waals surface area (Å²) in [7, 11) is 1.31. The van der Waals surface area contributed by atoms with Gasteiger partial charge < -0.3 is 20.6 Å². The number of ether oxygens (including phenoxy) is 1. The second-order valence-corrected chi connectivity index (χ2v) is 2.81. The number of hydrogen-bond acceptors (Lipinski definition) is 7. The van der Waals surface area contributed by atoms with E-state index in [1.807, 2.05) is 0 Å².